The number of benzene rings is 1. The fraction of sp³-hybridized carbons (Fsp3) is 0.600. The van der Waals surface area contributed by atoms with Crippen LogP contribution in [0.5, 0.6) is 5.75 Å². The van der Waals surface area contributed by atoms with Crippen molar-refractivity contribution >= 4 is 15.9 Å². The maximum Gasteiger partial charge on any atom is 0.133 e. The molecule has 0 saturated carbocycles. The zero-order chi connectivity index (χ0) is 13.5. The molecule has 102 valence electrons. The number of ether oxygens (including phenoxy) is 1. The Kier molecular flexibility index (Phi) is 6.72. The second-order valence-corrected chi connectivity index (χ2v) is 5.76. The van der Waals surface area contributed by atoms with Crippen LogP contribution in [0, 0.1) is 5.92 Å². The molecule has 0 spiro atoms. The number of hydrogen-bond donors (Lipinski definition) is 1. The van der Waals surface area contributed by atoms with Gasteiger partial charge in [0.1, 0.15) is 5.75 Å². The van der Waals surface area contributed by atoms with Gasteiger partial charge in [-0.25, -0.2) is 0 Å². The van der Waals surface area contributed by atoms with E-state index in [0.717, 1.165) is 16.8 Å². The molecule has 3 heteroatoms. The second kappa shape index (κ2) is 7.80. The number of rotatable bonds is 7. The highest BCUT2D eigenvalue weighted by Gasteiger charge is 2.08. The summed E-state index contributed by atoms with van der Waals surface area (Å²) in [7, 11) is 1.97. The van der Waals surface area contributed by atoms with E-state index in [1.54, 1.807) is 0 Å². The molecule has 2 atom stereocenters. The Morgan fingerprint density at radius 2 is 2.06 bits per heavy atom. The van der Waals surface area contributed by atoms with Gasteiger partial charge in [0, 0.05) is 6.04 Å². The maximum absolute atomic E-state index is 5.85. The summed E-state index contributed by atoms with van der Waals surface area (Å²) in [6, 6.07) is 6.65. The Bertz CT molecular complexity index is 368. The summed E-state index contributed by atoms with van der Waals surface area (Å²) in [5.74, 6) is 1.54. The van der Waals surface area contributed by atoms with Gasteiger partial charge in [-0.2, -0.15) is 0 Å². The molecule has 0 radical (unpaired) electrons. The van der Waals surface area contributed by atoms with Crippen molar-refractivity contribution in [1.29, 1.82) is 0 Å². The third-order valence-corrected chi connectivity index (χ3v) is 3.81. The van der Waals surface area contributed by atoms with Gasteiger partial charge in [-0.1, -0.05) is 26.3 Å². The summed E-state index contributed by atoms with van der Waals surface area (Å²) in [4.78, 5) is 0. The number of hydrogen-bond acceptors (Lipinski definition) is 2. The Labute approximate surface area is 119 Å². The second-order valence-electron chi connectivity index (χ2n) is 4.91. The van der Waals surface area contributed by atoms with Gasteiger partial charge in [0.25, 0.3) is 0 Å². The van der Waals surface area contributed by atoms with Crippen LogP contribution < -0.4 is 10.1 Å². The van der Waals surface area contributed by atoms with Crippen molar-refractivity contribution in [1.82, 2.24) is 5.32 Å². The van der Waals surface area contributed by atoms with Crippen LogP contribution >= 0.6 is 15.9 Å². The van der Waals surface area contributed by atoms with E-state index >= 15 is 0 Å². The third kappa shape index (κ3) is 4.62. The summed E-state index contributed by atoms with van der Waals surface area (Å²) in [6.45, 7) is 7.37. The van der Waals surface area contributed by atoms with Crippen LogP contribution in [0.3, 0.4) is 0 Å². The predicted molar refractivity (Wildman–Crippen MR) is 81.2 cm³/mol. The molecule has 0 saturated heterocycles. The Hall–Kier alpha value is -0.540. The fourth-order valence-electron chi connectivity index (χ4n) is 1.88. The molecule has 1 aromatic rings. The van der Waals surface area contributed by atoms with E-state index in [-0.39, 0.29) is 0 Å². The van der Waals surface area contributed by atoms with Crippen LogP contribution in [-0.4, -0.2) is 13.7 Å². The van der Waals surface area contributed by atoms with Crippen molar-refractivity contribution in [2.45, 2.75) is 39.7 Å². The van der Waals surface area contributed by atoms with Crippen LogP contribution in [0.2, 0.25) is 0 Å². The largest absolute Gasteiger partial charge is 0.492 e. The minimum Gasteiger partial charge on any atom is -0.492 e. The minimum absolute atomic E-state index is 0.356. The first-order valence-corrected chi connectivity index (χ1v) is 7.47. The van der Waals surface area contributed by atoms with Crippen molar-refractivity contribution in [2.24, 2.45) is 5.92 Å². The summed E-state index contributed by atoms with van der Waals surface area (Å²) in [5.41, 5.74) is 1.26. The molecular weight excluding hydrogens is 290 g/mol. The lowest BCUT2D eigenvalue weighted by Gasteiger charge is -2.15. The highest BCUT2D eigenvalue weighted by atomic mass is 79.9. The van der Waals surface area contributed by atoms with Crippen LogP contribution in [0.25, 0.3) is 0 Å². The van der Waals surface area contributed by atoms with Crippen LogP contribution in [-0.2, 0) is 0 Å². The average Bonchev–Trinajstić information content (AvgIpc) is 2.36. The first-order valence-electron chi connectivity index (χ1n) is 6.68. The lowest BCUT2D eigenvalue weighted by molar-refractivity contribution is 0.250. The Balaban J connectivity index is 2.62. The quantitative estimate of drug-likeness (QED) is 0.797. The van der Waals surface area contributed by atoms with E-state index in [4.69, 9.17) is 4.74 Å². The van der Waals surface area contributed by atoms with Gasteiger partial charge in [-0.3, -0.25) is 0 Å². The molecule has 0 heterocycles. The number of nitrogens with one attached hydrogen (secondary N) is 1. The zero-order valence-electron chi connectivity index (χ0n) is 11.8. The van der Waals surface area contributed by atoms with Crippen LogP contribution in [0.1, 0.15) is 45.2 Å². The lowest BCUT2D eigenvalue weighted by atomic mass is 10.1. The molecule has 0 bridgehead atoms. The van der Waals surface area contributed by atoms with Crippen molar-refractivity contribution < 1.29 is 4.74 Å². The SMILES string of the molecule is CCCC(C)COc1ccc(C(C)NC)cc1Br. The topological polar surface area (TPSA) is 21.3 Å². The van der Waals surface area contributed by atoms with Gasteiger partial charge in [0.2, 0.25) is 0 Å². The van der Waals surface area contributed by atoms with E-state index < -0.39 is 0 Å². The fourth-order valence-corrected chi connectivity index (χ4v) is 2.39. The predicted octanol–water partition coefficient (Wildman–Crippen LogP) is 4.54. The first-order chi connectivity index (χ1) is 8.58. The molecule has 18 heavy (non-hydrogen) atoms. The highest BCUT2D eigenvalue weighted by molar-refractivity contribution is 9.10. The minimum atomic E-state index is 0.356. The smallest absolute Gasteiger partial charge is 0.133 e. The maximum atomic E-state index is 5.85. The molecular formula is C15H24BrNO. The van der Waals surface area contributed by atoms with E-state index in [2.05, 4.69) is 54.2 Å². The van der Waals surface area contributed by atoms with Gasteiger partial charge in [0.15, 0.2) is 0 Å². The molecule has 1 N–H and O–H groups in total. The monoisotopic (exact) mass is 313 g/mol. The van der Waals surface area contributed by atoms with Gasteiger partial charge in [-0.15, -0.1) is 0 Å². The van der Waals surface area contributed by atoms with E-state index in [1.165, 1.54) is 18.4 Å². The normalized spacial score (nSPS) is 14.3. The van der Waals surface area contributed by atoms with Gasteiger partial charge in [0.05, 0.1) is 11.1 Å². The van der Waals surface area contributed by atoms with Crippen LogP contribution in [0.4, 0.5) is 0 Å². The van der Waals surface area contributed by atoms with Gasteiger partial charge < -0.3 is 10.1 Å². The van der Waals surface area contributed by atoms with Crippen molar-refractivity contribution in [2.75, 3.05) is 13.7 Å². The van der Waals surface area contributed by atoms with Gasteiger partial charge >= 0.3 is 0 Å². The van der Waals surface area contributed by atoms with Gasteiger partial charge in [-0.05, 0) is 59.9 Å². The van der Waals surface area contributed by atoms with Crippen molar-refractivity contribution in [3.8, 4) is 5.75 Å². The van der Waals surface area contributed by atoms with Crippen molar-refractivity contribution in [3.05, 3.63) is 28.2 Å². The summed E-state index contributed by atoms with van der Waals surface area (Å²) in [5, 5.41) is 3.23. The lowest BCUT2D eigenvalue weighted by Crippen LogP contribution is -2.12. The highest BCUT2D eigenvalue weighted by Crippen LogP contribution is 2.28. The molecule has 0 aliphatic carbocycles. The summed E-state index contributed by atoms with van der Waals surface area (Å²) in [6.07, 6.45) is 2.43. The molecule has 0 aromatic heterocycles. The van der Waals surface area contributed by atoms with Crippen molar-refractivity contribution in [3.63, 3.8) is 0 Å². The summed E-state index contributed by atoms with van der Waals surface area (Å²) < 4.78 is 6.89. The summed E-state index contributed by atoms with van der Waals surface area (Å²) >= 11 is 3.58. The zero-order valence-corrected chi connectivity index (χ0v) is 13.4. The Morgan fingerprint density at radius 1 is 1.33 bits per heavy atom. The average molecular weight is 314 g/mol. The molecule has 0 fully saturated rings. The molecule has 0 aliphatic heterocycles. The molecule has 1 rings (SSSR count). The van der Waals surface area contributed by atoms with E-state index in [0.29, 0.717) is 12.0 Å². The van der Waals surface area contributed by atoms with E-state index in [9.17, 15) is 0 Å². The van der Waals surface area contributed by atoms with E-state index in [1.807, 2.05) is 13.1 Å². The third-order valence-electron chi connectivity index (χ3n) is 3.19. The van der Waals surface area contributed by atoms with Crippen LogP contribution in [0.15, 0.2) is 22.7 Å². The molecule has 2 unspecified atom stereocenters. The first kappa shape index (κ1) is 15.5. The Morgan fingerprint density at radius 3 is 2.61 bits per heavy atom. The standard InChI is InChI=1S/C15H24BrNO/c1-5-6-11(2)10-18-15-8-7-13(9-14(15)16)12(3)17-4/h7-9,11-12,17H,5-6,10H2,1-4H3. The molecule has 2 nitrogen and oxygen atoms in total. The molecule has 0 amide bonds. The molecule has 1 aromatic carbocycles. The molecule has 0 aliphatic rings. The number of halogens is 1.